The number of unbranched alkanes of at least 4 members (excludes halogenated alkanes) is 1. The third-order valence-corrected chi connectivity index (χ3v) is 6.06. The largest absolute Gasteiger partial charge is 0.394 e. The number of hydrogen-bond acceptors (Lipinski definition) is 4. The summed E-state index contributed by atoms with van der Waals surface area (Å²) in [5, 5.41) is 15.7. The zero-order chi connectivity index (χ0) is 23.1. The zero-order valence-electron chi connectivity index (χ0n) is 19.3. The Kier molecular flexibility index (Phi) is 8.28. The maximum Gasteiger partial charge on any atom is 0.243 e. The van der Waals surface area contributed by atoms with Crippen LogP contribution >= 0.6 is 0 Å². The highest BCUT2D eigenvalue weighted by atomic mass is 16.3. The average molecular weight is 438 g/mol. The van der Waals surface area contributed by atoms with Crippen LogP contribution in [-0.4, -0.2) is 42.7 Å². The minimum absolute atomic E-state index is 0.00195. The van der Waals surface area contributed by atoms with Crippen molar-refractivity contribution < 1.29 is 14.7 Å². The lowest BCUT2D eigenvalue weighted by Crippen LogP contribution is -2.54. The molecule has 2 atom stereocenters. The molecule has 0 spiro atoms. The van der Waals surface area contributed by atoms with Crippen LogP contribution in [0.5, 0.6) is 0 Å². The first-order valence-electron chi connectivity index (χ1n) is 11.5. The van der Waals surface area contributed by atoms with Crippen LogP contribution in [0.25, 0.3) is 0 Å². The molecule has 1 unspecified atom stereocenters. The van der Waals surface area contributed by atoms with E-state index in [1.165, 1.54) is 5.56 Å². The Morgan fingerprint density at radius 3 is 2.62 bits per heavy atom. The van der Waals surface area contributed by atoms with Gasteiger partial charge in [0.05, 0.1) is 12.6 Å². The van der Waals surface area contributed by atoms with Gasteiger partial charge in [-0.15, -0.1) is 0 Å². The van der Waals surface area contributed by atoms with Crippen molar-refractivity contribution in [3.63, 3.8) is 0 Å². The smallest absolute Gasteiger partial charge is 0.243 e. The fraction of sp³-hybridized carbons (Fsp3) is 0.462. The maximum absolute atomic E-state index is 12.8. The molecule has 6 heteroatoms. The Labute approximate surface area is 191 Å². The number of fused-ring (bicyclic) bond motifs is 1. The number of likely N-dealkylation sites (N-methyl/N-ethyl adjacent to an activating group) is 1. The number of hydrogen-bond donors (Lipinski definition) is 3. The van der Waals surface area contributed by atoms with Crippen LogP contribution in [0.3, 0.4) is 0 Å². The van der Waals surface area contributed by atoms with E-state index in [1.54, 1.807) is 0 Å². The minimum atomic E-state index is -0.355. The Morgan fingerprint density at radius 2 is 1.94 bits per heavy atom. The third-order valence-electron chi connectivity index (χ3n) is 6.06. The van der Waals surface area contributed by atoms with Crippen LogP contribution in [0.4, 0.5) is 11.4 Å². The van der Waals surface area contributed by atoms with Gasteiger partial charge in [-0.25, -0.2) is 0 Å². The molecule has 1 heterocycles. The molecule has 3 N–H and O–H groups in total. The summed E-state index contributed by atoms with van der Waals surface area (Å²) in [6, 6.07) is 15.5. The van der Waals surface area contributed by atoms with Crippen LogP contribution in [0.1, 0.15) is 44.2 Å². The second-order valence-corrected chi connectivity index (χ2v) is 8.98. The van der Waals surface area contributed by atoms with E-state index in [4.69, 9.17) is 0 Å². The highest BCUT2D eigenvalue weighted by Crippen LogP contribution is 2.30. The van der Waals surface area contributed by atoms with Gasteiger partial charge in [-0.05, 0) is 54.9 Å². The highest BCUT2D eigenvalue weighted by molar-refractivity contribution is 5.92. The summed E-state index contributed by atoms with van der Waals surface area (Å²) in [5.74, 6) is 0.00565. The van der Waals surface area contributed by atoms with E-state index in [-0.39, 0.29) is 36.4 Å². The van der Waals surface area contributed by atoms with Crippen LogP contribution in [-0.2, 0) is 22.4 Å². The van der Waals surface area contributed by atoms with E-state index in [0.717, 1.165) is 36.2 Å². The number of nitrogens with zero attached hydrogens (tertiary/aromatic N) is 1. The van der Waals surface area contributed by atoms with Gasteiger partial charge in [-0.3, -0.25) is 9.59 Å². The lowest BCUT2D eigenvalue weighted by atomic mass is 9.95. The second kappa shape index (κ2) is 11.1. The van der Waals surface area contributed by atoms with Crippen LogP contribution in [0.2, 0.25) is 0 Å². The number of rotatable bonds is 8. The van der Waals surface area contributed by atoms with Crippen molar-refractivity contribution in [1.82, 2.24) is 5.32 Å². The molecule has 2 aromatic rings. The van der Waals surface area contributed by atoms with Gasteiger partial charge in [0.1, 0.15) is 6.04 Å². The number of amides is 2. The minimum Gasteiger partial charge on any atom is -0.394 e. The summed E-state index contributed by atoms with van der Waals surface area (Å²) in [7, 11) is 1.91. The first kappa shape index (κ1) is 23.8. The van der Waals surface area contributed by atoms with Gasteiger partial charge < -0.3 is 20.6 Å². The number of aryl methyl sites for hydroxylation is 1. The molecule has 1 aliphatic heterocycles. The lowest BCUT2D eigenvalue weighted by molar-refractivity contribution is -0.124. The van der Waals surface area contributed by atoms with Gasteiger partial charge in [0.15, 0.2) is 0 Å². The predicted molar refractivity (Wildman–Crippen MR) is 129 cm³/mol. The molecule has 2 amide bonds. The number of anilines is 2. The Morgan fingerprint density at radius 1 is 1.19 bits per heavy atom. The summed E-state index contributed by atoms with van der Waals surface area (Å²) < 4.78 is 0. The number of carbonyl (C=O) groups excluding carboxylic acids is 2. The highest BCUT2D eigenvalue weighted by Gasteiger charge is 2.32. The van der Waals surface area contributed by atoms with E-state index in [9.17, 15) is 14.7 Å². The molecule has 32 heavy (non-hydrogen) atoms. The topological polar surface area (TPSA) is 81.7 Å². The van der Waals surface area contributed by atoms with Gasteiger partial charge in [0.2, 0.25) is 11.8 Å². The molecule has 0 radical (unpaired) electrons. The van der Waals surface area contributed by atoms with E-state index in [1.807, 2.05) is 62.2 Å². The van der Waals surface area contributed by atoms with Crippen molar-refractivity contribution in [2.24, 2.45) is 5.92 Å². The number of nitrogens with one attached hydrogen (secondary N) is 2. The number of carbonyl (C=O) groups is 2. The van der Waals surface area contributed by atoms with Gasteiger partial charge in [0.25, 0.3) is 0 Å². The van der Waals surface area contributed by atoms with E-state index in [2.05, 4.69) is 22.8 Å². The Hall–Kier alpha value is -2.86. The third kappa shape index (κ3) is 6.10. The molecule has 0 fully saturated rings. The standard InChI is InChI=1S/C26H35N3O3/c1-18(2)25-26(32)28-22(17-30)15-20-13-14-21(16-23(20)29(25)3)27-24(31)12-8-7-11-19-9-5-4-6-10-19/h4-6,9-10,13-14,16,18,22,25,30H,7-8,11-12,15,17H2,1-3H3,(H,27,31)(H,28,32)/t22-,25?/m0/s1. The lowest BCUT2D eigenvalue weighted by Gasteiger charge is -2.37. The molecule has 1 aliphatic rings. The fourth-order valence-electron chi connectivity index (χ4n) is 4.41. The monoisotopic (exact) mass is 437 g/mol. The molecular formula is C26H35N3O3. The van der Waals surface area contributed by atoms with Crippen molar-refractivity contribution >= 4 is 23.2 Å². The number of aliphatic hydroxyl groups excluding tert-OH is 1. The van der Waals surface area contributed by atoms with E-state index < -0.39 is 0 Å². The summed E-state index contributed by atoms with van der Waals surface area (Å²) in [5.41, 5.74) is 3.98. The summed E-state index contributed by atoms with van der Waals surface area (Å²) in [4.78, 5) is 27.3. The Bertz CT molecular complexity index is 914. The molecule has 2 aromatic carbocycles. The second-order valence-electron chi connectivity index (χ2n) is 8.98. The maximum atomic E-state index is 12.8. The molecule has 0 saturated heterocycles. The van der Waals surface area contributed by atoms with Gasteiger partial charge >= 0.3 is 0 Å². The van der Waals surface area contributed by atoms with Crippen molar-refractivity contribution in [1.29, 1.82) is 0 Å². The summed E-state index contributed by atoms with van der Waals surface area (Å²) in [6.45, 7) is 3.91. The fourth-order valence-corrected chi connectivity index (χ4v) is 4.41. The zero-order valence-corrected chi connectivity index (χ0v) is 19.3. The average Bonchev–Trinajstić information content (AvgIpc) is 2.76. The summed E-state index contributed by atoms with van der Waals surface area (Å²) >= 11 is 0. The quantitative estimate of drug-likeness (QED) is 0.552. The van der Waals surface area contributed by atoms with Crippen molar-refractivity contribution in [2.75, 3.05) is 23.9 Å². The molecule has 0 bridgehead atoms. The van der Waals surface area contributed by atoms with Crippen molar-refractivity contribution in [3.05, 3.63) is 59.7 Å². The van der Waals surface area contributed by atoms with Gasteiger partial charge in [0, 0.05) is 24.8 Å². The van der Waals surface area contributed by atoms with Crippen LogP contribution < -0.4 is 15.5 Å². The molecule has 0 aromatic heterocycles. The van der Waals surface area contributed by atoms with Crippen LogP contribution in [0.15, 0.2) is 48.5 Å². The number of aliphatic hydroxyl groups is 1. The molecule has 0 saturated carbocycles. The number of benzene rings is 2. The van der Waals surface area contributed by atoms with Gasteiger partial charge in [-0.2, -0.15) is 0 Å². The molecule has 0 aliphatic carbocycles. The normalized spacial score (nSPS) is 18.5. The Balaban J connectivity index is 1.66. The first-order chi connectivity index (χ1) is 15.4. The molecular weight excluding hydrogens is 402 g/mol. The van der Waals surface area contributed by atoms with Crippen molar-refractivity contribution in [3.8, 4) is 0 Å². The molecule has 172 valence electrons. The SMILES string of the molecule is CC(C)C1C(=O)N[C@H](CO)Cc2ccc(NC(=O)CCCCc3ccccc3)cc2N1C. The summed E-state index contributed by atoms with van der Waals surface area (Å²) in [6.07, 6.45) is 3.80. The van der Waals surface area contributed by atoms with Gasteiger partial charge in [-0.1, -0.05) is 50.2 Å². The van der Waals surface area contributed by atoms with Crippen molar-refractivity contribution in [2.45, 2.75) is 58.0 Å². The van der Waals surface area contributed by atoms with Crippen LogP contribution in [0, 0.1) is 5.92 Å². The molecule has 3 rings (SSSR count). The predicted octanol–water partition coefficient (Wildman–Crippen LogP) is 3.53. The van der Waals surface area contributed by atoms with E-state index >= 15 is 0 Å². The first-order valence-corrected chi connectivity index (χ1v) is 11.5. The molecule has 6 nitrogen and oxygen atoms in total. The van der Waals surface area contributed by atoms with E-state index in [0.29, 0.717) is 12.8 Å².